The number of amides is 1. The van der Waals surface area contributed by atoms with Crippen LogP contribution in [0, 0.1) is 13.8 Å². The molecule has 0 fully saturated rings. The zero-order valence-electron chi connectivity index (χ0n) is 12.8. The van der Waals surface area contributed by atoms with Crippen molar-refractivity contribution in [2.24, 2.45) is 0 Å². The van der Waals surface area contributed by atoms with Crippen LogP contribution in [0.2, 0.25) is 0 Å². The Morgan fingerprint density at radius 1 is 1.32 bits per heavy atom. The quantitative estimate of drug-likeness (QED) is 0.904. The lowest BCUT2D eigenvalue weighted by atomic mass is 10.1. The smallest absolute Gasteiger partial charge is 0.261 e. The van der Waals surface area contributed by atoms with E-state index in [1.54, 1.807) is 0 Å². The summed E-state index contributed by atoms with van der Waals surface area (Å²) in [5, 5.41) is 2.96. The Morgan fingerprint density at radius 2 is 1.95 bits per heavy atom. The van der Waals surface area contributed by atoms with Crippen LogP contribution < -0.4 is 10.1 Å². The van der Waals surface area contributed by atoms with Gasteiger partial charge in [-0.15, -0.1) is 0 Å². The minimum absolute atomic E-state index is 0.0593. The van der Waals surface area contributed by atoms with E-state index in [1.165, 1.54) is 5.56 Å². The monoisotopic (exact) mass is 263 g/mol. The van der Waals surface area contributed by atoms with Crippen LogP contribution in [0.3, 0.4) is 0 Å². The van der Waals surface area contributed by atoms with Crippen molar-refractivity contribution in [3.05, 3.63) is 29.3 Å². The molecule has 0 aliphatic rings. The first kappa shape index (κ1) is 15.5. The van der Waals surface area contributed by atoms with E-state index in [1.807, 2.05) is 59.7 Å². The number of carbonyl (C=O) groups excluding carboxylic acids is 1. The van der Waals surface area contributed by atoms with Gasteiger partial charge in [0.05, 0.1) is 0 Å². The standard InChI is InChI=1S/C16H25NO2/c1-7-13(15(18)17-16(4,5)6)19-14-10-8-9-11(2)12(14)3/h8-10,13H,7H2,1-6H3,(H,17,18)/t13-/m0/s1. The Morgan fingerprint density at radius 3 is 2.47 bits per heavy atom. The Labute approximate surface area is 116 Å². The van der Waals surface area contributed by atoms with Crippen LogP contribution in [-0.2, 0) is 4.79 Å². The second kappa shape index (κ2) is 6.09. The fraction of sp³-hybridized carbons (Fsp3) is 0.562. The first-order chi connectivity index (χ1) is 8.74. The van der Waals surface area contributed by atoms with Gasteiger partial charge in [0.15, 0.2) is 6.10 Å². The summed E-state index contributed by atoms with van der Waals surface area (Å²) in [6.07, 6.45) is 0.203. The van der Waals surface area contributed by atoms with Gasteiger partial charge >= 0.3 is 0 Å². The van der Waals surface area contributed by atoms with Crippen LogP contribution in [0.1, 0.15) is 45.2 Å². The van der Waals surface area contributed by atoms with E-state index in [-0.39, 0.29) is 11.4 Å². The van der Waals surface area contributed by atoms with Crippen LogP contribution in [-0.4, -0.2) is 17.6 Å². The number of rotatable bonds is 4. The summed E-state index contributed by atoms with van der Waals surface area (Å²) >= 11 is 0. The highest BCUT2D eigenvalue weighted by Crippen LogP contribution is 2.22. The molecule has 0 spiro atoms. The second-order valence-electron chi connectivity index (χ2n) is 5.95. The number of hydrogen-bond donors (Lipinski definition) is 1. The third kappa shape index (κ3) is 4.58. The van der Waals surface area contributed by atoms with E-state index in [2.05, 4.69) is 5.32 Å². The highest BCUT2D eigenvalue weighted by Gasteiger charge is 2.23. The fourth-order valence-corrected chi connectivity index (χ4v) is 1.78. The first-order valence-corrected chi connectivity index (χ1v) is 6.79. The van der Waals surface area contributed by atoms with Gasteiger partial charge < -0.3 is 10.1 Å². The SMILES string of the molecule is CC[C@H](Oc1cccc(C)c1C)C(=O)NC(C)(C)C. The third-order valence-electron chi connectivity index (χ3n) is 2.99. The molecular weight excluding hydrogens is 238 g/mol. The molecule has 19 heavy (non-hydrogen) atoms. The van der Waals surface area contributed by atoms with Crippen LogP contribution in [0.15, 0.2) is 18.2 Å². The summed E-state index contributed by atoms with van der Waals surface area (Å²) in [6, 6.07) is 5.90. The second-order valence-corrected chi connectivity index (χ2v) is 5.95. The van der Waals surface area contributed by atoms with Crippen molar-refractivity contribution in [2.45, 2.75) is 59.6 Å². The molecule has 0 saturated carbocycles. The van der Waals surface area contributed by atoms with Crippen LogP contribution >= 0.6 is 0 Å². The van der Waals surface area contributed by atoms with E-state index in [0.717, 1.165) is 11.3 Å². The topological polar surface area (TPSA) is 38.3 Å². The minimum atomic E-state index is -0.445. The highest BCUT2D eigenvalue weighted by molar-refractivity contribution is 5.81. The molecule has 1 rings (SSSR count). The molecule has 1 atom stereocenters. The maximum atomic E-state index is 12.2. The average molecular weight is 263 g/mol. The van der Waals surface area contributed by atoms with Crippen molar-refractivity contribution in [1.82, 2.24) is 5.32 Å². The Balaban J connectivity index is 2.82. The molecule has 0 unspecified atom stereocenters. The predicted molar refractivity (Wildman–Crippen MR) is 78.5 cm³/mol. The van der Waals surface area contributed by atoms with Gasteiger partial charge in [0, 0.05) is 5.54 Å². The summed E-state index contributed by atoms with van der Waals surface area (Å²) in [6.45, 7) is 11.9. The van der Waals surface area contributed by atoms with Gasteiger partial charge in [0.1, 0.15) is 5.75 Å². The summed E-state index contributed by atoms with van der Waals surface area (Å²) in [4.78, 5) is 12.2. The normalized spacial score (nSPS) is 12.9. The summed E-state index contributed by atoms with van der Waals surface area (Å²) in [7, 11) is 0. The van der Waals surface area contributed by atoms with Crippen LogP contribution in [0.5, 0.6) is 5.75 Å². The van der Waals surface area contributed by atoms with Crippen molar-refractivity contribution in [1.29, 1.82) is 0 Å². The van der Waals surface area contributed by atoms with Crippen molar-refractivity contribution in [3.63, 3.8) is 0 Å². The highest BCUT2D eigenvalue weighted by atomic mass is 16.5. The largest absolute Gasteiger partial charge is 0.480 e. The van der Waals surface area contributed by atoms with Gasteiger partial charge in [-0.05, 0) is 58.2 Å². The molecule has 106 valence electrons. The maximum absolute atomic E-state index is 12.2. The maximum Gasteiger partial charge on any atom is 0.261 e. The van der Waals surface area contributed by atoms with Gasteiger partial charge in [0.25, 0.3) is 5.91 Å². The van der Waals surface area contributed by atoms with Crippen molar-refractivity contribution in [2.75, 3.05) is 0 Å². The Kier molecular flexibility index (Phi) is 4.98. The number of aryl methyl sites for hydroxylation is 1. The van der Waals surface area contributed by atoms with Crippen molar-refractivity contribution in [3.8, 4) is 5.75 Å². The van der Waals surface area contributed by atoms with E-state index in [9.17, 15) is 4.79 Å². The van der Waals surface area contributed by atoms with Gasteiger partial charge in [0.2, 0.25) is 0 Å². The predicted octanol–water partition coefficient (Wildman–Crippen LogP) is 3.38. The number of hydrogen-bond acceptors (Lipinski definition) is 2. The third-order valence-corrected chi connectivity index (χ3v) is 2.99. The summed E-state index contributed by atoms with van der Waals surface area (Å²) < 4.78 is 5.87. The molecular formula is C16H25NO2. The first-order valence-electron chi connectivity index (χ1n) is 6.79. The molecule has 0 aromatic heterocycles. The Bertz CT molecular complexity index is 447. The molecule has 0 aliphatic carbocycles. The molecule has 0 bridgehead atoms. The lowest BCUT2D eigenvalue weighted by Gasteiger charge is -2.25. The zero-order chi connectivity index (χ0) is 14.6. The molecule has 1 amide bonds. The Hall–Kier alpha value is -1.51. The summed E-state index contributed by atoms with van der Waals surface area (Å²) in [5.74, 6) is 0.729. The van der Waals surface area contributed by atoms with E-state index in [4.69, 9.17) is 4.74 Å². The summed E-state index contributed by atoms with van der Waals surface area (Å²) in [5.41, 5.74) is 2.02. The minimum Gasteiger partial charge on any atom is -0.480 e. The van der Waals surface area contributed by atoms with Gasteiger partial charge in [-0.25, -0.2) is 0 Å². The van der Waals surface area contributed by atoms with Gasteiger partial charge in [-0.1, -0.05) is 19.1 Å². The zero-order valence-corrected chi connectivity index (χ0v) is 12.8. The molecule has 0 aliphatic heterocycles. The van der Waals surface area contributed by atoms with E-state index < -0.39 is 6.10 Å². The molecule has 3 nitrogen and oxygen atoms in total. The average Bonchev–Trinajstić information content (AvgIpc) is 2.28. The van der Waals surface area contributed by atoms with E-state index in [0.29, 0.717) is 6.42 Å². The van der Waals surface area contributed by atoms with Crippen molar-refractivity contribution >= 4 is 5.91 Å². The fourth-order valence-electron chi connectivity index (χ4n) is 1.78. The molecule has 0 radical (unpaired) electrons. The lowest BCUT2D eigenvalue weighted by Crippen LogP contribution is -2.47. The van der Waals surface area contributed by atoms with Crippen LogP contribution in [0.25, 0.3) is 0 Å². The lowest BCUT2D eigenvalue weighted by molar-refractivity contribution is -0.129. The molecule has 0 heterocycles. The van der Waals surface area contributed by atoms with Crippen molar-refractivity contribution < 1.29 is 9.53 Å². The van der Waals surface area contributed by atoms with E-state index >= 15 is 0 Å². The number of carbonyl (C=O) groups is 1. The molecule has 1 aromatic rings. The molecule has 1 aromatic carbocycles. The molecule has 1 N–H and O–H groups in total. The number of nitrogens with one attached hydrogen (secondary N) is 1. The molecule has 0 saturated heterocycles. The molecule has 3 heteroatoms. The van der Waals surface area contributed by atoms with Crippen LogP contribution in [0.4, 0.5) is 0 Å². The van der Waals surface area contributed by atoms with Gasteiger partial charge in [-0.2, -0.15) is 0 Å². The van der Waals surface area contributed by atoms with Gasteiger partial charge in [-0.3, -0.25) is 4.79 Å². The number of ether oxygens (including phenoxy) is 1. The number of benzene rings is 1.